The summed E-state index contributed by atoms with van der Waals surface area (Å²) in [6.07, 6.45) is 1.78. The summed E-state index contributed by atoms with van der Waals surface area (Å²) >= 11 is 5.95. The Morgan fingerprint density at radius 2 is 1.82 bits per heavy atom. The molecule has 0 unspecified atom stereocenters. The van der Waals surface area contributed by atoms with E-state index in [0.29, 0.717) is 11.0 Å². The predicted molar refractivity (Wildman–Crippen MR) is 67.7 cm³/mol. The minimum atomic E-state index is 0.647. The van der Waals surface area contributed by atoms with Crippen molar-refractivity contribution in [1.29, 1.82) is 0 Å². The number of anilines is 2. The molecule has 0 saturated carbocycles. The molecule has 0 aliphatic carbocycles. The summed E-state index contributed by atoms with van der Waals surface area (Å²) in [6.45, 7) is 0. The number of para-hydroxylation sites is 1. The van der Waals surface area contributed by atoms with Crippen LogP contribution in [0.1, 0.15) is 0 Å². The maximum Gasteiger partial charge on any atom is 0.233 e. The zero-order valence-corrected chi connectivity index (χ0v) is 9.59. The largest absolute Gasteiger partial charge is 0.324 e. The molecule has 3 aromatic rings. The molecule has 2 aromatic heterocycles. The number of nitrogens with one attached hydrogen (secondary N) is 1. The number of hydrogen-bond acceptors (Lipinski definition) is 3. The van der Waals surface area contributed by atoms with Crippen molar-refractivity contribution in [3.8, 4) is 0 Å². The van der Waals surface area contributed by atoms with Crippen LogP contribution < -0.4 is 5.32 Å². The molecule has 0 atom stereocenters. The third-order valence-corrected chi connectivity index (χ3v) is 2.62. The highest BCUT2D eigenvalue weighted by atomic mass is 35.5. The van der Waals surface area contributed by atoms with Crippen molar-refractivity contribution in [2.45, 2.75) is 0 Å². The Hall–Kier alpha value is -2.07. The first-order valence-corrected chi connectivity index (χ1v) is 5.53. The molecule has 17 heavy (non-hydrogen) atoms. The molecule has 0 fully saturated rings. The first-order valence-electron chi connectivity index (χ1n) is 5.15. The molecule has 1 N–H and O–H groups in total. The van der Waals surface area contributed by atoms with Gasteiger partial charge in [0.1, 0.15) is 0 Å². The van der Waals surface area contributed by atoms with Gasteiger partial charge < -0.3 is 5.32 Å². The standard InChI is InChI=1S/C12H9ClN4/c13-9-6-7-11-15-16-12(17(11)8-9)14-10-4-2-1-3-5-10/h1-8H,(H,14,16). The lowest BCUT2D eigenvalue weighted by atomic mass is 10.3. The van der Waals surface area contributed by atoms with E-state index in [2.05, 4.69) is 15.5 Å². The summed E-state index contributed by atoms with van der Waals surface area (Å²) in [5.41, 5.74) is 1.72. The lowest BCUT2D eigenvalue weighted by molar-refractivity contribution is 1.11. The van der Waals surface area contributed by atoms with Crippen molar-refractivity contribution < 1.29 is 0 Å². The van der Waals surface area contributed by atoms with Gasteiger partial charge in [-0.15, -0.1) is 10.2 Å². The zero-order chi connectivity index (χ0) is 11.7. The average molecular weight is 245 g/mol. The molecule has 0 spiro atoms. The normalized spacial score (nSPS) is 10.6. The lowest BCUT2D eigenvalue weighted by Crippen LogP contribution is -1.96. The lowest BCUT2D eigenvalue weighted by Gasteiger charge is -2.03. The third kappa shape index (κ3) is 1.94. The van der Waals surface area contributed by atoms with Gasteiger partial charge in [0, 0.05) is 11.9 Å². The molecule has 0 amide bonds. The number of pyridine rings is 1. The Morgan fingerprint density at radius 3 is 2.65 bits per heavy atom. The van der Waals surface area contributed by atoms with Crippen molar-refractivity contribution in [2.75, 3.05) is 5.32 Å². The van der Waals surface area contributed by atoms with Crippen LogP contribution in [0.4, 0.5) is 11.6 Å². The van der Waals surface area contributed by atoms with Crippen LogP contribution in [-0.2, 0) is 0 Å². The van der Waals surface area contributed by atoms with Gasteiger partial charge in [-0.05, 0) is 24.3 Å². The van der Waals surface area contributed by atoms with Gasteiger partial charge in [-0.3, -0.25) is 4.40 Å². The highest BCUT2D eigenvalue weighted by Crippen LogP contribution is 2.17. The number of hydrogen-bond donors (Lipinski definition) is 1. The van der Waals surface area contributed by atoms with Gasteiger partial charge in [-0.2, -0.15) is 0 Å². The van der Waals surface area contributed by atoms with Crippen LogP contribution in [-0.4, -0.2) is 14.6 Å². The highest BCUT2D eigenvalue weighted by molar-refractivity contribution is 6.30. The van der Waals surface area contributed by atoms with Gasteiger partial charge in [0.25, 0.3) is 0 Å². The van der Waals surface area contributed by atoms with Crippen LogP contribution >= 0.6 is 11.6 Å². The molecule has 2 heterocycles. The molecule has 3 rings (SSSR count). The van der Waals surface area contributed by atoms with Crippen LogP contribution in [0.5, 0.6) is 0 Å². The number of benzene rings is 1. The van der Waals surface area contributed by atoms with Crippen molar-refractivity contribution in [2.24, 2.45) is 0 Å². The van der Waals surface area contributed by atoms with E-state index in [-0.39, 0.29) is 0 Å². The maximum atomic E-state index is 5.95. The number of nitrogens with zero attached hydrogens (tertiary/aromatic N) is 3. The molecule has 0 aliphatic heterocycles. The SMILES string of the molecule is Clc1ccc2nnc(Nc3ccccc3)n2c1. The van der Waals surface area contributed by atoms with Gasteiger partial charge in [-0.1, -0.05) is 29.8 Å². The Kier molecular flexibility index (Phi) is 2.42. The molecule has 0 bridgehead atoms. The summed E-state index contributed by atoms with van der Waals surface area (Å²) in [6, 6.07) is 13.4. The predicted octanol–water partition coefficient (Wildman–Crippen LogP) is 3.13. The molecular weight excluding hydrogens is 236 g/mol. The summed E-state index contributed by atoms with van der Waals surface area (Å²) < 4.78 is 1.81. The van der Waals surface area contributed by atoms with Crippen molar-refractivity contribution >= 4 is 28.9 Å². The van der Waals surface area contributed by atoms with Crippen LogP contribution in [0, 0.1) is 0 Å². The second kappa shape index (κ2) is 4.07. The minimum Gasteiger partial charge on any atom is -0.324 e. The Labute approximate surface area is 103 Å². The molecule has 0 saturated heterocycles. The highest BCUT2D eigenvalue weighted by Gasteiger charge is 2.05. The van der Waals surface area contributed by atoms with E-state index in [1.54, 1.807) is 12.3 Å². The number of halogens is 1. The zero-order valence-electron chi connectivity index (χ0n) is 8.84. The Morgan fingerprint density at radius 1 is 1.00 bits per heavy atom. The molecule has 4 nitrogen and oxygen atoms in total. The van der Waals surface area contributed by atoms with Crippen molar-refractivity contribution in [3.05, 3.63) is 53.7 Å². The van der Waals surface area contributed by atoms with Gasteiger partial charge in [-0.25, -0.2) is 0 Å². The number of fused-ring (bicyclic) bond motifs is 1. The van der Waals surface area contributed by atoms with E-state index >= 15 is 0 Å². The first-order chi connectivity index (χ1) is 8.33. The van der Waals surface area contributed by atoms with Gasteiger partial charge in [0.05, 0.1) is 5.02 Å². The van der Waals surface area contributed by atoms with E-state index in [4.69, 9.17) is 11.6 Å². The second-order valence-electron chi connectivity index (χ2n) is 3.59. The summed E-state index contributed by atoms with van der Waals surface area (Å²) in [7, 11) is 0. The van der Waals surface area contributed by atoms with E-state index in [0.717, 1.165) is 11.3 Å². The average Bonchev–Trinajstić information content (AvgIpc) is 2.73. The molecule has 1 aromatic carbocycles. The van der Waals surface area contributed by atoms with E-state index < -0.39 is 0 Å². The molecule has 84 valence electrons. The van der Waals surface area contributed by atoms with Gasteiger partial charge >= 0.3 is 0 Å². The number of aromatic nitrogens is 3. The van der Waals surface area contributed by atoms with Crippen molar-refractivity contribution in [3.63, 3.8) is 0 Å². The number of rotatable bonds is 2. The fourth-order valence-electron chi connectivity index (χ4n) is 1.60. The smallest absolute Gasteiger partial charge is 0.233 e. The van der Waals surface area contributed by atoms with Gasteiger partial charge in [0.2, 0.25) is 5.95 Å². The molecule has 0 radical (unpaired) electrons. The third-order valence-electron chi connectivity index (χ3n) is 2.40. The Balaban J connectivity index is 2.03. The first kappa shape index (κ1) is 10.1. The Bertz CT molecular complexity index is 648. The molecular formula is C12H9ClN4. The van der Waals surface area contributed by atoms with Crippen LogP contribution in [0.25, 0.3) is 5.65 Å². The summed E-state index contributed by atoms with van der Waals surface area (Å²) in [5, 5.41) is 12.0. The summed E-state index contributed by atoms with van der Waals surface area (Å²) in [4.78, 5) is 0. The van der Waals surface area contributed by atoms with Gasteiger partial charge in [0.15, 0.2) is 5.65 Å². The summed E-state index contributed by atoms with van der Waals surface area (Å²) in [5.74, 6) is 0.647. The molecule has 0 aliphatic rings. The van der Waals surface area contributed by atoms with E-state index in [1.165, 1.54) is 0 Å². The second-order valence-corrected chi connectivity index (χ2v) is 4.03. The quantitative estimate of drug-likeness (QED) is 0.753. The fraction of sp³-hybridized carbons (Fsp3) is 0. The van der Waals surface area contributed by atoms with Crippen molar-refractivity contribution in [1.82, 2.24) is 14.6 Å². The van der Waals surface area contributed by atoms with E-state index in [1.807, 2.05) is 40.8 Å². The van der Waals surface area contributed by atoms with Crippen LogP contribution in [0.3, 0.4) is 0 Å². The minimum absolute atomic E-state index is 0.647. The monoisotopic (exact) mass is 244 g/mol. The fourth-order valence-corrected chi connectivity index (χ4v) is 1.76. The van der Waals surface area contributed by atoms with E-state index in [9.17, 15) is 0 Å². The topological polar surface area (TPSA) is 42.2 Å². The maximum absolute atomic E-state index is 5.95. The van der Waals surface area contributed by atoms with Crippen LogP contribution in [0.2, 0.25) is 5.02 Å². The van der Waals surface area contributed by atoms with Crippen LogP contribution in [0.15, 0.2) is 48.7 Å². The molecule has 5 heteroatoms.